The maximum Gasteiger partial charge on any atom is 0.264 e. The number of aromatic nitrogens is 1. The van der Waals surface area contributed by atoms with E-state index in [4.69, 9.17) is 5.73 Å². The number of anilines is 2. The number of halogens is 1. The van der Waals surface area contributed by atoms with Crippen LogP contribution in [-0.4, -0.2) is 13.4 Å². The molecule has 0 aliphatic rings. The molecule has 0 spiro atoms. The van der Waals surface area contributed by atoms with E-state index in [9.17, 15) is 12.8 Å². The number of hydrogen-bond donors (Lipinski definition) is 2. The summed E-state index contributed by atoms with van der Waals surface area (Å²) in [5.74, 6) is -0.750. The molecule has 3 N–H and O–H groups in total. The molecule has 0 saturated carbocycles. The van der Waals surface area contributed by atoms with Crippen LogP contribution in [0.1, 0.15) is 11.1 Å². The molecule has 0 aliphatic heterocycles. The number of nitrogen functional groups attached to an aromatic ring is 1. The molecule has 0 bridgehead atoms. The predicted molar refractivity (Wildman–Crippen MR) is 75.3 cm³/mol. The predicted octanol–water partition coefficient (Wildman–Crippen LogP) is 2.22. The van der Waals surface area contributed by atoms with Crippen molar-refractivity contribution in [2.75, 3.05) is 10.5 Å². The van der Waals surface area contributed by atoms with Crippen LogP contribution in [-0.2, 0) is 10.0 Å². The largest absolute Gasteiger partial charge is 0.398 e. The Morgan fingerprint density at radius 3 is 2.60 bits per heavy atom. The molecule has 0 fully saturated rings. The van der Waals surface area contributed by atoms with Gasteiger partial charge in [0.2, 0.25) is 0 Å². The summed E-state index contributed by atoms with van der Waals surface area (Å²) in [7, 11) is -3.96. The van der Waals surface area contributed by atoms with Crippen LogP contribution in [0.5, 0.6) is 0 Å². The van der Waals surface area contributed by atoms with Crippen molar-refractivity contribution in [2.45, 2.75) is 18.7 Å². The van der Waals surface area contributed by atoms with Crippen LogP contribution in [0.15, 0.2) is 35.5 Å². The number of rotatable bonds is 3. The minimum Gasteiger partial charge on any atom is -0.398 e. The van der Waals surface area contributed by atoms with Gasteiger partial charge in [0.05, 0.1) is 17.6 Å². The van der Waals surface area contributed by atoms with Gasteiger partial charge in [0.1, 0.15) is 4.90 Å². The molecular formula is C13H14FN3O2S. The molecule has 5 nitrogen and oxygen atoms in total. The van der Waals surface area contributed by atoms with Crippen molar-refractivity contribution in [3.8, 4) is 0 Å². The van der Waals surface area contributed by atoms with Gasteiger partial charge in [-0.2, -0.15) is 0 Å². The summed E-state index contributed by atoms with van der Waals surface area (Å²) in [4.78, 5) is 3.53. The quantitative estimate of drug-likeness (QED) is 0.850. The Hall–Kier alpha value is -2.15. The van der Waals surface area contributed by atoms with Gasteiger partial charge < -0.3 is 5.73 Å². The first kappa shape index (κ1) is 14.3. The van der Waals surface area contributed by atoms with E-state index in [1.165, 1.54) is 18.3 Å². The Morgan fingerprint density at radius 2 is 1.95 bits per heavy atom. The van der Waals surface area contributed by atoms with Crippen molar-refractivity contribution in [1.82, 2.24) is 4.98 Å². The lowest BCUT2D eigenvalue weighted by Gasteiger charge is -2.14. The Labute approximate surface area is 116 Å². The molecule has 0 saturated heterocycles. The fourth-order valence-electron chi connectivity index (χ4n) is 1.82. The van der Waals surface area contributed by atoms with Crippen LogP contribution >= 0.6 is 0 Å². The molecule has 0 aliphatic carbocycles. The first-order valence-corrected chi connectivity index (χ1v) is 7.29. The van der Waals surface area contributed by atoms with Crippen molar-refractivity contribution < 1.29 is 12.8 Å². The van der Waals surface area contributed by atoms with Crippen LogP contribution in [0, 0.1) is 19.7 Å². The molecule has 0 radical (unpaired) electrons. The molecular weight excluding hydrogens is 281 g/mol. The molecule has 106 valence electrons. The molecule has 1 heterocycles. The van der Waals surface area contributed by atoms with Crippen LogP contribution in [0.4, 0.5) is 15.8 Å². The fourth-order valence-corrected chi connectivity index (χ4v) is 3.32. The van der Waals surface area contributed by atoms with Crippen LogP contribution in [0.3, 0.4) is 0 Å². The van der Waals surface area contributed by atoms with Gasteiger partial charge in [-0.3, -0.25) is 9.71 Å². The Balaban J connectivity index is 2.52. The summed E-state index contributed by atoms with van der Waals surface area (Å²) in [5, 5.41) is 0. The summed E-state index contributed by atoms with van der Waals surface area (Å²) in [5.41, 5.74) is 7.02. The van der Waals surface area contributed by atoms with Crippen LogP contribution in [0.2, 0.25) is 0 Å². The van der Waals surface area contributed by atoms with E-state index in [1.54, 1.807) is 19.9 Å². The monoisotopic (exact) mass is 295 g/mol. The minimum atomic E-state index is -3.96. The van der Waals surface area contributed by atoms with Gasteiger partial charge in [-0.05, 0) is 37.1 Å². The number of nitrogens with two attached hydrogens (primary N) is 1. The van der Waals surface area contributed by atoms with Gasteiger partial charge >= 0.3 is 0 Å². The normalized spacial score (nSPS) is 11.3. The van der Waals surface area contributed by atoms with E-state index < -0.39 is 15.8 Å². The number of pyridine rings is 1. The van der Waals surface area contributed by atoms with Crippen LogP contribution in [0.25, 0.3) is 0 Å². The highest BCUT2D eigenvalue weighted by Crippen LogP contribution is 2.27. The second kappa shape index (κ2) is 5.09. The third-order valence-corrected chi connectivity index (χ3v) is 4.56. The summed E-state index contributed by atoms with van der Waals surface area (Å²) in [6.45, 7) is 3.43. The molecule has 1 aromatic heterocycles. The maximum absolute atomic E-state index is 13.5. The van der Waals surface area contributed by atoms with Gasteiger partial charge in [0.25, 0.3) is 10.0 Å². The third-order valence-electron chi connectivity index (χ3n) is 2.99. The lowest BCUT2D eigenvalue weighted by Crippen LogP contribution is -2.17. The summed E-state index contributed by atoms with van der Waals surface area (Å²) in [6.07, 6.45) is 2.23. The Bertz CT molecular complexity index is 760. The molecule has 2 aromatic rings. The van der Waals surface area contributed by atoms with Crippen LogP contribution < -0.4 is 10.5 Å². The fraction of sp³-hybridized carbons (Fsp3) is 0.154. The van der Waals surface area contributed by atoms with E-state index in [2.05, 4.69) is 9.71 Å². The lowest BCUT2D eigenvalue weighted by atomic mass is 10.1. The average Bonchev–Trinajstić information content (AvgIpc) is 2.37. The zero-order valence-corrected chi connectivity index (χ0v) is 11.8. The Kier molecular flexibility index (Phi) is 3.63. The number of sulfonamides is 1. The number of nitrogens with zero attached hydrogens (tertiary/aromatic N) is 1. The van der Waals surface area contributed by atoms with E-state index in [-0.39, 0.29) is 16.3 Å². The molecule has 0 unspecified atom stereocenters. The number of nitrogens with one attached hydrogen (secondary N) is 1. The second-order valence-corrected chi connectivity index (χ2v) is 6.01. The molecule has 7 heteroatoms. The topological polar surface area (TPSA) is 85.1 Å². The van der Waals surface area contributed by atoms with E-state index in [1.807, 2.05) is 0 Å². The van der Waals surface area contributed by atoms with Crippen molar-refractivity contribution in [2.24, 2.45) is 0 Å². The molecule has 1 aromatic carbocycles. The van der Waals surface area contributed by atoms with Gasteiger partial charge in [0, 0.05) is 6.20 Å². The highest BCUT2D eigenvalue weighted by molar-refractivity contribution is 7.93. The first-order chi connectivity index (χ1) is 9.33. The number of benzene rings is 1. The average molecular weight is 295 g/mol. The van der Waals surface area contributed by atoms with Gasteiger partial charge in [-0.1, -0.05) is 6.07 Å². The van der Waals surface area contributed by atoms with Gasteiger partial charge in [-0.15, -0.1) is 0 Å². The van der Waals surface area contributed by atoms with Gasteiger partial charge in [0.15, 0.2) is 5.82 Å². The molecule has 0 amide bonds. The Morgan fingerprint density at radius 1 is 1.25 bits per heavy atom. The summed E-state index contributed by atoms with van der Waals surface area (Å²) < 4.78 is 40.4. The van der Waals surface area contributed by atoms with Crippen molar-refractivity contribution in [1.29, 1.82) is 0 Å². The zero-order valence-electron chi connectivity index (χ0n) is 11.0. The van der Waals surface area contributed by atoms with E-state index in [0.29, 0.717) is 5.56 Å². The molecule has 20 heavy (non-hydrogen) atoms. The third kappa shape index (κ3) is 2.57. The minimum absolute atomic E-state index is 0.0336. The maximum atomic E-state index is 13.5. The SMILES string of the molecule is Cc1ccc(N)c(S(=O)(=O)Nc2ccncc2F)c1C. The van der Waals surface area contributed by atoms with Crippen molar-refractivity contribution in [3.63, 3.8) is 0 Å². The molecule has 0 atom stereocenters. The zero-order chi connectivity index (χ0) is 14.9. The number of aryl methyl sites for hydroxylation is 1. The summed E-state index contributed by atoms with van der Waals surface area (Å²) in [6, 6.07) is 4.49. The number of hydrogen-bond acceptors (Lipinski definition) is 4. The second-order valence-electron chi connectivity index (χ2n) is 4.39. The highest BCUT2D eigenvalue weighted by atomic mass is 32.2. The highest BCUT2D eigenvalue weighted by Gasteiger charge is 2.22. The van der Waals surface area contributed by atoms with E-state index >= 15 is 0 Å². The molecule has 2 rings (SSSR count). The summed E-state index contributed by atoms with van der Waals surface area (Å²) >= 11 is 0. The first-order valence-electron chi connectivity index (χ1n) is 5.81. The smallest absolute Gasteiger partial charge is 0.264 e. The van der Waals surface area contributed by atoms with Crippen molar-refractivity contribution in [3.05, 3.63) is 47.5 Å². The van der Waals surface area contributed by atoms with E-state index in [0.717, 1.165) is 11.8 Å². The lowest BCUT2D eigenvalue weighted by molar-refractivity contribution is 0.597. The van der Waals surface area contributed by atoms with Gasteiger partial charge in [-0.25, -0.2) is 12.8 Å². The van der Waals surface area contributed by atoms with Crippen molar-refractivity contribution >= 4 is 21.4 Å². The standard InChI is InChI=1S/C13H14FN3O2S/c1-8-3-4-11(15)13(9(8)2)20(18,19)17-12-5-6-16-7-10(12)14/h3-7H,15H2,1-2H3,(H,16,17).